The molecule has 2 aromatic heterocycles. The quantitative estimate of drug-likeness (QED) is 0.549. The summed E-state index contributed by atoms with van der Waals surface area (Å²) < 4.78 is 0. The summed E-state index contributed by atoms with van der Waals surface area (Å²) >= 11 is 0. The van der Waals surface area contributed by atoms with Crippen molar-refractivity contribution in [1.29, 1.82) is 0 Å². The van der Waals surface area contributed by atoms with E-state index in [4.69, 9.17) is 0 Å². The Bertz CT molecular complexity index is 973. The number of nitrogens with zero attached hydrogens (tertiary/aromatic N) is 3. The third-order valence-corrected chi connectivity index (χ3v) is 3.93. The van der Waals surface area contributed by atoms with Gasteiger partial charge in [0.25, 0.3) is 0 Å². The van der Waals surface area contributed by atoms with Crippen LogP contribution in [0.5, 0.6) is 0 Å². The van der Waals surface area contributed by atoms with Gasteiger partial charge in [-0.2, -0.15) is 5.10 Å². The zero-order chi connectivity index (χ0) is 19.2. The molecule has 0 bridgehead atoms. The minimum atomic E-state index is -1.21. The fourth-order valence-electron chi connectivity index (χ4n) is 2.82. The summed E-state index contributed by atoms with van der Waals surface area (Å²) in [7, 11) is 0. The number of hydrogen-bond donors (Lipinski definition) is 4. The number of anilines is 1. The molecule has 3 amide bonds. The van der Waals surface area contributed by atoms with Crippen LogP contribution in [0.15, 0.2) is 48.9 Å². The lowest BCUT2D eigenvalue weighted by Gasteiger charge is -2.21. The van der Waals surface area contributed by atoms with E-state index >= 15 is 0 Å². The maximum Gasteiger partial charge on any atom is 0.405 e. The summed E-state index contributed by atoms with van der Waals surface area (Å²) in [6.45, 7) is 2.22. The smallest absolute Gasteiger partial charge is 0.405 e. The summed E-state index contributed by atoms with van der Waals surface area (Å²) in [5.41, 5.74) is 1.16. The largest absolute Gasteiger partial charge is 0.465 e. The van der Waals surface area contributed by atoms with Crippen LogP contribution in [-0.4, -0.2) is 39.0 Å². The lowest BCUT2D eigenvalue weighted by atomic mass is 9.95. The molecule has 0 radical (unpaired) electrons. The number of fused-ring (bicyclic) bond motifs is 1. The summed E-state index contributed by atoms with van der Waals surface area (Å²) in [5, 5.41) is 26.6. The average Bonchev–Trinajstić information content (AvgIpc) is 2.66. The van der Waals surface area contributed by atoms with Crippen molar-refractivity contribution in [2.24, 2.45) is 0 Å². The molecule has 9 heteroatoms. The molecular weight excluding hydrogens is 348 g/mol. The van der Waals surface area contributed by atoms with Crippen LogP contribution in [0, 0.1) is 0 Å². The monoisotopic (exact) mass is 366 g/mol. The highest BCUT2D eigenvalue weighted by molar-refractivity contribution is 5.90. The van der Waals surface area contributed by atoms with Crippen LogP contribution >= 0.6 is 0 Å². The minimum absolute atomic E-state index is 0.170. The minimum Gasteiger partial charge on any atom is -0.465 e. The number of nitrogens with one attached hydrogen (secondary N) is 3. The van der Waals surface area contributed by atoms with Crippen molar-refractivity contribution in [3.63, 3.8) is 0 Å². The molecule has 27 heavy (non-hydrogen) atoms. The Morgan fingerprint density at radius 3 is 2.78 bits per heavy atom. The first kappa shape index (κ1) is 18.1. The number of carboxylic acid groups (broad SMARTS) is 1. The van der Waals surface area contributed by atoms with E-state index in [2.05, 4.69) is 31.1 Å². The van der Waals surface area contributed by atoms with Crippen LogP contribution in [0.4, 0.5) is 15.4 Å². The number of hydrogen-bond acceptors (Lipinski definition) is 5. The maximum atomic E-state index is 11.9. The van der Waals surface area contributed by atoms with Crippen LogP contribution < -0.4 is 16.0 Å². The van der Waals surface area contributed by atoms with E-state index in [9.17, 15) is 14.7 Å². The van der Waals surface area contributed by atoms with Gasteiger partial charge < -0.3 is 15.7 Å². The summed E-state index contributed by atoms with van der Waals surface area (Å²) in [6, 6.07) is 7.79. The molecule has 9 nitrogen and oxygen atoms in total. The first-order chi connectivity index (χ1) is 13.1. The fraction of sp³-hybridized carbons (Fsp3) is 0.167. The number of carbonyl (C=O) groups excluding carboxylic acids is 1. The number of urea groups is 1. The van der Waals surface area contributed by atoms with Crippen molar-refractivity contribution in [3.8, 4) is 0 Å². The first-order valence-corrected chi connectivity index (χ1v) is 8.28. The molecule has 0 aliphatic heterocycles. The molecule has 0 aliphatic carbocycles. The van der Waals surface area contributed by atoms with Gasteiger partial charge in [0.05, 0.1) is 12.2 Å². The van der Waals surface area contributed by atoms with E-state index in [1.807, 2.05) is 18.2 Å². The van der Waals surface area contributed by atoms with Gasteiger partial charge in [-0.05, 0) is 30.0 Å². The highest BCUT2D eigenvalue weighted by Crippen LogP contribution is 2.31. The molecule has 0 spiro atoms. The third kappa shape index (κ3) is 4.09. The highest BCUT2D eigenvalue weighted by Gasteiger charge is 2.23. The van der Waals surface area contributed by atoms with Crippen LogP contribution in [-0.2, 0) is 0 Å². The van der Waals surface area contributed by atoms with E-state index in [1.54, 1.807) is 31.5 Å². The Morgan fingerprint density at radius 1 is 1.15 bits per heavy atom. The van der Waals surface area contributed by atoms with E-state index in [-0.39, 0.29) is 5.82 Å². The molecule has 4 N–H and O–H groups in total. The van der Waals surface area contributed by atoms with Crippen LogP contribution in [0.3, 0.4) is 0 Å². The Hall–Kier alpha value is -3.75. The summed E-state index contributed by atoms with van der Waals surface area (Å²) in [6.07, 6.45) is 3.58. The van der Waals surface area contributed by atoms with E-state index < -0.39 is 18.2 Å². The molecule has 0 aliphatic rings. The predicted octanol–water partition coefficient (Wildman–Crippen LogP) is 2.52. The normalized spacial score (nSPS) is 11.6. The Labute approximate surface area is 154 Å². The molecule has 3 aromatic rings. The number of amides is 3. The molecular formula is C18H18N6O3. The van der Waals surface area contributed by atoms with Crippen molar-refractivity contribution >= 4 is 28.7 Å². The molecule has 1 aromatic carbocycles. The Morgan fingerprint density at radius 2 is 2.00 bits per heavy atom. The van der Waals surface area contributed by atoms with Gasteiger partial charge in [0, 0.05) is 29.9 Å². The number of pyridine rings is 1. The van der Waals surface area contributed by atoms with Gasteiger partial charge >= 0.3 is 12.1 Å². The molecule has 0 fully saturated rings. The van der Waals surface area contributed by atoms with Crippen molar-refractivity contribution in [1.82, 2.24) is 25.8 Å². The van der Waals surface area contributed by atoms with Crippen molar-refractivity contribution < 1.29 is 14.7 Å². The number of rotatable bonds is 5. The van der Waals surface area contributed by atoms with Crippen LogP contribution in [0.1, 0.15) is 24.1 Å². The predicted molar refractivity (Wildman–Crippen MR) is 99.5 cm³/mol. The fourth-order valence-corrected chi connectivity index (χ4v) is 2.82. The van der Waals surface area contributed by atoms with E-state index in [1.165, 1.54) is 6.20 Å². The van der Waals surface area contributed by atoms with Crippen LogP contribution in [0.25, 0.3) is 10.8 Å². The lowest BCUT2D eigenvalue weighted by Crippen LogP contribution is -2.32. The van der Waals surface area contributed by atoms with Crippen molar-refractivity contribution in [2.75, 3.05) is 11.9 Å². The zero-order valence-corrected chi connectivity index (χ0v) is 14.5. The molecule has 0 saturated heterocycles. The van der Waals surface area contributed by atoms with Gasteiger partial charge in [0.2, 0.25) is 0 Å². The van der Waals surface area contributed by atoms with Crippen molar-refractivity contribution in [3.05, 3.63) is 60.0 Å². The van der Waals surface area contributed by atoms with Gasteiger partial charge in [-0.3, -0.25) is 10.3 Å². The van der Waals surface area contributed by atoms with Crippen LogP contribution in [0.2, 0.25) is 0 Å². The van der Waals surface area contributed by atoms with Gasteiger partial charge in [0.15, 0.2) is 5.82 Å². The van der Waals surface area contributed by atoms with Gasteiger partial charge in [-0.1, -0.05) is 18.2 Å². The molecule has 1 unspecified atom stereocenters. The second-order valence-electron chi connectivity index (χ2n) is 5.65. The number of aromatic nitrogens is 3. The Balaban J connectivity index is 2.11. The molecule has 3 rings (SSSR count). The number of benzene rings is 1. The lowest BCUT2D eigenvalue weighted by molar-refractivity contribution is 0.192. The number of carbonyl (C=O) groups is 2. The SMILES string of the molecule is CCNC(=O)Nc1nnccc1C(NC(=O)O)c1cccc2ccncc12. The Kier molecular flexibility index (Phi) is 5.41. The van der Waals surface area contributed by atoms with Gasteiger partial charge in [-0.15, -0.1) is 5.10 Å². The van der Waals surface area contributed by atoms with Gasteiger partial charge in [0.1, 0.15) is 0 Å². The zero-order valence-electron chi connectivity index (χ0n) is 14.5. The summed E-state index contributed by atoms with van der Waals surface area (Å²) in [5.74, 6) is 0.170. The third-order valence-electron chi connectivity index (χ3n) is 3.93. The second-order valence-corrected chi connectivity index (χ2v) is 5.65. The van der Waals surface area contributed by atoms with E-state index in [0.717, 1.165) is 10.8 Å². The molecule has 2 heterocycles. The van der Waals surface area contributed by atoms with Gasteiger partial charge in [-0.25, -0.2) is 9.59 Å². The summed E-state index contributed by atoms with van der Waals surface area (Å²) in [4.78, 5) is 27.5. The first-order valence-electron chi connectivity index (χ1n) is 8.28. The maximum absolute atomic E-state index is 11.9. The average molecular weight is 366 g/mol. The topological polar surface area (TPSA) is 129 Å². The second kappa shape index (κ2) is 8.09. The van der Waals surface area contributed by atoms with Crippen molar-refractivity contribution in [2.45, 2.75) is 13.0 Å². The molecule has 1 atom stereocenters. The highest BCUT2D eigenvalue weighted by atomic mass is 16.4. The standard InChI is InChI=1S/C18H18N6O3/c1-2-20-17(25)23-16-13(7-9-21-24-16)15(22-18(26)27)12-5-3-4-11-6-8-19-10-14(11)12/h3-10,15,22H,2H2,1H3,(H,26,27)(H2,20,23,24,25). The molecule has 138 valence electrons. The van der Waals surface area contributed by atoms with E-state index in [0.29, 0.717) is 17.7 Å². The molecule has 0 saturated carbocycles.